The molecule has 2 aromatic carbocycles. The molecule has 7 heteroatoms. The second kappa shape index (κ2) is 11.7. The van der Waals surface area contributed by atoms with Crippen molar-refractivity contribution in [2.45, 2.75) is 46.6 Å². The van der Waals surface area contributed by atoms with Crippen LogP contribution >= 0.6 is 0 Å². The van der Waals surface area contributed by atoms with Crippen molar-refractivity contribution in [3.63, 3.8) is 0 Å². The van der Waals surface area contributed by atoms with Gasteiger partial charge in [-0.15, -0.1) is 0 Å². The normalized spacial score (nSPS) is 15.0. The maximum absolute atomic E-state index is 13.0. The van der Waals surface area contributed by atoms with E-state index in [0.717, 1.165) is 16.8 Å². The van der Waals surface area contributed by atoms with Crippen LogP contribution in [0.2, 0.25) is 0 Å². The van der Waals surface area contributed by atoms with Crippen LogP contribution in [0.3, 0.4) is 0 Å². The minimum Gasteiger partial charge on any atom is -0.354 e. The van der Waals surface area contributed by atoms with Crippen molar-refractivity contribution >= 4 is 23.5 Å². The van der Waals surface area contributed by atoms with E-state index in [-0.39, 0.29) is 23.8 Å². The van der Waals surface area contributed by atoms with Crippen molar-refractivity contribution < 1.29 is 14.4 Å². The van der Waals surface area contributed by atoms with Crippen molar-refractivity contribution in [2.75, 3.05) is 25.0 Å². The van der Waals surface area contributed by atoms with E-state index in [9.17, 15) is 14.4 Å². The van der Waals surface area contributed by atoms with Gasteiger partial charge in [-0.1, -0.05) is 49.2 Å². The van der Waals surface area contributed by atoms with Gasteiger partial charge in [0.25, 0.3) is 5.91 Å². The van der Waals surface area contributed by atoms with Crippen molar-refractivity contribution in [3.8, 4) is 0 Å². The fourth-order valence-electron chi connectivity index (χ4n) is 4.02. The van der Waals surface area contributed by atoms with Gasteiger partial charge in [0.2, 0.25) is 5.91 Å². The summed E-state index contributed by atoms with van der Waals surface area (Å²) in [5, 5.41) is 8.87. The predicted molar refractivity (Wildman–Crippen MR) is 135 cm³/mol. The van der Waals surface area contributed by atoms with Gasteiger partial charge in [0.15, 0.2) is 0 Å². The third-order valence-electron chi connectivity index (χ3n) is 6.17. The zero-order valence-corrected chi connectivity index (χ0v) is 20.6. The first-order valence-electron chi connectivity index (χ1n) is 12.0. The summed E-state index contributed by atoms with van der Waals surface area (Å²) in [4.78, 5) is 40.4. The van der Waals surface area contributed by atoms with E-state index in [1.165, 1.54) is 0 Å². The molecule has 182 valence electrons. The summed E-state index contributed by atoms with van der Waals surface area (Å²) < 4.78 is 0. The highest BCUT2D eigenvalue weighted by molar-refractivity contribution is 5.97. The van der Waals surface area contributed by atoms with Gasteiger partial charge in [0.05, 0.1) is 0 Å². The fourth-order valence-corrected chi connectivity index (χ4v) is 4.02. The first-order valence-corrected chi connectivity index (χ1v) is 12.0. The van der Waals surface area contributed by atoms with Crippen LogP contribution in [-0.2, 0) is 4.79 Å². The van der Waals surface area contributed by atoms with E-state index in [1.54, 1.807) is 17.0 Å². The predicted octanol–water partition coefficient (Wildman–Crippen LogP) is 4.12. The zero-order valence-electron chi connectivity index (χ0n) is 20.6. The molecule has 1 atom stereocenters. The summed E-state index contributed by atoms with van der Waals surface area (Å²) in [5.74, 6) is -0.171. The van der Waals surface area contributed by atoms with Gasteiger partial charge >= 0.3 is 6.03 Å². The largest absolute Gasteiger partial charge is 0.354 e. The lowest BCUT2D eigenvalue weighted by Crippen LogP contribution is -2.54. The van der Waals surface area contributed by atoms with Gasteiger partial charge in [-0.3, -0.25) is 9.59 Å². The van der Waals surface area contributed by atoms with Crippen LogP contribution in [0.15, 0.2) is 48.5 Å². The Balaban J connectivity index is 1.63. The average molecular weight is 465 g/mol. The number of piperidine rings is 1. The van der Waals surface area contributed by atoms with Crippen molar-refractivity contribution in [1.29, 1.82) is 0 Å². The molecule has 1 saturated heterocycles. The smallest absolute Gasteiger partial charge is 0.321 e. The number of urea groups is 1. The van der Waals surface area contributed by atoms with Gasteiger partial charge in [0, 0.05) is 30.9 Å². The van der Waals surface area contributed by atoms with Crippen LogP contribution in [0.5, 0.6) is 0 Å². The highest BCUT2D eigenvalue weighted by atomic mass is 16.2. The maximum Gasteiger partial charge on any atom is 0.321 e. The van der Waals surface area contributed by atoms with Gasteiger partial charge in [-0.05, 0) is 62.8 Å². The number of carbonyl (C=O) groups excluding carboxylic acids is 3. The first-order chi connectivity index (χ1) is 16.2. The Hall–Kier alpha value is -3.35. The Labute approximate surface area is 202 Å². The lowest BCUT2D eigenvalue weighted by atomic mass is 9.88. The van der Waals surface area contributed by atoms with Gasteiger partial charge < -0.3 is 20.9 Å². The van der Waals surface area contributed by atoms with Gasteiger partial charge in [0.1, 0.15) is 6.04 Å². The molecular formula is C27H36N4O3. The van der Waals surface area contributed by atoms with Gasteiger partial charge in [-0.25, -0.2) is 4.79 Å². The average Bonchev–Trinajstić information content (AvgIpc) is 2.83. The third-order valence-corrected chi connectivity index (χ3v) is 6.17. The van der Waals surface area contributed by atoms with Crippen LogP contribution < -0.4 is 16.0 Å². The van der Waals surface area contributed by atoms with E-state index in [4.69, 9.17) is 0 Å². The highest BCUT2D eigenvalue weighted by Gasteiger charge is 2.34. The number of nitrogens with zero attached hydrogens (tertiary/aromatic N) is 1. The molecule has 0 saturated carbocycles. The molecule has 34 heavy (non-hydrogen) atoms. The number of aryl methyl sites for hydroxylation is 2. The third kappa shape index (κ3) is 7.07. The first kappa shape index (κ1) is 25.3. The molecule has 1 heterocycles. The van der Waals surface area contributed by atoms with Gasteiger partial charge in [-0.2, -0.15) is 0 Å². The standard InChI is InChI=1S/C27H36N4O3/c1-18(2)17-28-26(33)24(30-25(32)22-9-5-19(3)6-10-22)21-13-15-31(16-14-21)27(34)29-23-11-7-20(4)8-12-23/h5-12,18,21,24H,13-17H2,1-4H3,(H,28,33)(H,29,34)(H,30,32)/t24-/m1/s1. The molecule has 3 N–H and O–H groups in total. The molecule has 3 rings (SSSR count). The molecule has 1 aliphatic heterocycles. The molecule has 0 radical (unpaired) electrons. The fraction of sp³-hybridized carbons (Fsp3) is 0.444. The molecule has 0 aliphatic carbocycles. The molecule has 0 aromatic heterocycles. The summed E-state index contributed by atoms with van der Waals surface area (Å²) in [6.07, 6.45) is 1.27. The molecule has 0 spiro atoms. The number of amides is 4. The van der Waals surface area contributed by atoms with Crippen LogP contribution in [-0.4, -0.2) is 48.4 Å². The number of rotatable bonds is 7. The Morgan fingerprint density at radius 2 is 1.47 bits per heavy atom. The van der Waals surface area contributed by atoms with Crippen molar-refractivity contribution in [1.82, 2.24) is 15.5 Å². The lowest BCUT2D eigenvalue weighted by Gasteiger charge is -2.36. The summed E-state index contributed by atoms with van der Waals surface area (Å²) >= 11 is 0. The Kier molecular flexibility index (Phi) is 8.68. The molecular weight excluding hydrogens is 428 g/mol. The number of benzene rings is 2. The summed E-state index contributed by atoms with van der Waals surface area (Å²) in [5.41, 5.74) is 3.49. The minimum absolute atomic E-state index is 0.0509. The van der Waals surface area contributed by atoms with E-state index in [0.29, 0.717) is 44.0 Å². The van der Waals surface area contributed by atoms with Crippen LogP contribution in [0.1, 0.15) is 48.2 Å². The van der Waals surface area contributed by atoms with Crippen molar-refractivity contribution in [2.24, 2.45) is 11.8 Å². The highest BCUT2D eigenvalue weighted by Crippen LogP contribution is 2.23. The van der Waals surface area contributed by atoms with Crippen LogP contribution in [0.4, 0.5) is 10.5 Å². The summed E-state index contributed by atoms with van der Waals surface area (Å²) in [7, 11) is 0. The number of carbonyl (C=O) groups is 3. The van der Waals surface area contributed by atoms with Crippen molar-refractivity contribution in [3.05, 3.63) is 65.2 Å². The second-order valence-corrected chi connectivity index (χ2v) is 9.58. The van der Waals surface area contributed by atoms with E-state index >= 15 is 0 Å². The molecule has 7 nitrogen and oxygen atoms in total. The van der Waals surface area contributed by atoms with E-state index in [2.05, 4.69) is 16.0 Å². The molecule has 2 aromatic rings. The number of hydrogen-bond donors (Lipinski definition) is 3. The van der Waals surface area contributed by atoms with Crippen LogP contribution in [0, 0.1) is 25.7 Å². The van der Waals surface area contributed by atoms with Crippen LogP contribution in [0.25, 0.3) is 0 Å². The minimum atomic E-state index is -0.644. The van der Waals surface area contributed by atoms with E-state index in [1.807, 2.05) is 64.1 Å². The second-order valence-electron chi connectivity index (χ2n) is 9.58. The quantitative estimate of drug-likeness (QED) is 0.576. The lowest BCUT2D eigenvalue weighted by molar-refractivity contribution is -0.124. The number of anilines is 1. The number of hydrogen-bond acceptors (Lipinski definition) is 3. The SMILES string of the molecule is Cc1ccc(NC(=O)N2CCC([C@@H](NC(=O)c3ccc(C)cc3)C(=O)NCC(C)C)CC2)cc1. The Morgan fingerprint density at radius 3 is 2.03 bits per heavy atom. The van der Waals surface area contributed by atoms with E-state index < -0.39 is 6.04 Å². The molecule has 4 amide bonds. The summed E-state index contributed by atoms with van der Waals surface area (Å²) in [6, 6.07) is 14.2. The zero-order chi connectivity index (χ0) is 24.7. The topological polar surface area (TPSA) is 90.5 Å². The Bertz CT molecular complexity index is 978. The molecule has 0 bridgehead atoms. The maximum atomic E-state index is 13.0. The monoisotopic (exact) mass is 464 g/mol. The molecule has 1 aliphatic rings. The Morgan fingerprint density at radius 1 is 0.912 bits per heavy atom. The molecule has 0 unspecified atom stereocenters. The number of nitrogens with one attached hydrogen (secondary N) is 3. The molecule has 1 fully saturated rings. The summed E-state index contributed by atoms with van der Waals surface area (Å²) in [6.45, 7) is 9.63. The number of likely N-dealkylation sites (tertiary alicyclic amines) is 1.